The van der Waals surface area contributed by atoms with Gasteiger partial charge in [-0.1, -0.05) is 128 Å². The molecule has 1 aliphatic carbocycles. The highest BCUT2D eigenvalue weighted by molar-refractivity contribution is 5.88. The molecule has 0 radical (unpaired) electrons. The summed E-state index contributed by atoms with van der Waals surface area (Å²) in [7, 11) is 0. The first-order chi connectivity index (χ1) is 22.7. The minimum atomic E-state index is -0.437. The van der Waals surface area contributed by atoms with E-state index in [1.54, 1.807) is 0 Å². The van der Waals surface area contributed by atoms with Gasteiger partial charge in [-0.3, -0.25) is 4.98 Å². The maximum Gasteiger partial charge on any atom is 0.142 e. The number of rotatable bonds is 7. The molecule has 0 saturated carbocycles. The lowest BCUT2D eigenvalue weighted by atomic mass is 9.67. The lowest BCUT2D eigenvalue weighted by Crippen LogP contribution is -2.28. The van der Waals surface area contributed by atoms with E-state index in [1.165, 1.54) is 33.4 Å². The number of aromatic nitrogens is 1. The first kappa shape index (κ1) is 27.8. The lowest BCUT2D eigenvalue weighted by Gasteiger charge is -2.34. The van der Waals surface area contributed by atoms with Crippen molar-refractivity contribution < 1.29 is 4.74 Å². The van der Waals surface area contributed by atoms with Crippen LogP contribution in [0.15, 0.2) is 171 Å². The molecular formula is C44H33NO. The highest BCUT2D eigenvalue weighted by Gasteiger charge is 2.46. The fourth-order valence-corrected chi connectivity index (χ4v) is 7.19. The molecule has 0 saturated heterocycles. The van der Waals surface area contributed by atoms with Crippen molar-refractivity contribution in [2.75, 3.05) is 0 Å². The predicted octanol–water partition coefficient (Wildman–Crippen LogP) is 10.9. The van der Waals surface area contributed by atoms with Crippen molar-refractivity contribution in [1.29, 1.82) is 0 Å². The third-order valence-corrected chi connectivity index (χ3v) is 9.40. The SMILES string of the molecule is C=CC(Oc1cc(-c2ccc3c(c2)C(c2ccccc2)(c2ccccc2)c2ccccc2-3)ccc1C)c1ccc2ncccc2c1. The first-order valence-corrected chi connectivity index (χ1v) is 15.8. The quantitative estimate of drug-likeness (QED) is 0.172. The summed E-state index contributed by atoms with van der Waals surface area (Å²) in [6.45, 7) is 6.21. The van der Waals surface area contributed by atoms with Crippen molar-refractivity contribution in [2.24, 2.45) is 0 Å². The number of nitrogens with zero attached hydrogens (tertiary/aromatic N) is 1. The molecule has 1 aliphatic rings. The second-order valence-corrected chi connectivity index (χ2v) is 12.0. The maximum absolute atomic E-state index is 6.68. The summed E-state index contributed by atoms with van der Waals surface area (Å²) in [5.74, 6) is 0.842. The van der Waals surface area contributed by atoms with Crippen LogP contribution in [0.4, 0.5) is 0 Å². The van der Waals surface area contributed by atoms with E-state index in [4.69, 9.17) is 4.74 Å². The van der Waals surface area contributed by atoms with Crippen LogP contribution in [0.3, 0.4) is 0 Å². The molecule has 8 rings (SSSR count). The fraction of sp³-hybridized carbons (Fsp3) is 0.0682. The standard InChI is InChI=1S/C44H33NO/c1-3-42(34-23-25-41-33(27-34)13-12-26-45-41)46-43-29-32(21-20-30(43)2)31-22-24-38-37-18-10-11-19-39(37)44(40(38)28-31,35-14-6-4-7-15-35)36-16-8-5-9-17-36/h3-29,42H,1H2,2H3. The van der Waals surface area contributed by atoms with E-state index in [1.807, 2.05) is 24.4 Å². The molecule has 0 spiro atoms. The number of hydrogen-bond acceptors (Lipinski definition) is 2. The van der Waals surface area contributed by atoms with Gasteiger partial charge in [-0.2, -0.15) is 0 Å². The lowest BCUT2D eigenvalue weighted by molar-refractivity contribution is 0.254. The van der Waals surface area contributed by atoms with Gasteiger partial charge in [0.15, 0.2) is 0 Å². The molecule has 1 unspecified atom stereocenters. The van der Waals surface area contributed by atoms with Crippen LogP contribution in [0.1, 0.15) is 39.5 Å². The van der Waals surface area contributed by atoms with E-state index < -0.39 is 5.41 Å². The van der Waals surface area contributed by atoms with E-state index >= 15 is 0 Å². The van der Waals surface area contributed by atoms with Crippen LogP contribution in [0.2, 0.25) is 0 Å². The molecule has 0 bridgehead atoms. The molecule has 1 aromatic heterocycles. The Balaban J connectivity index is 1.25. The molecular weight excluding hydrogens is 558 g/mol. The van der Waals surface area contributed by atoms with Crippen LogP contribution in [0, 0.1) is 6.92 Å². The van der Waals surface area contributed by atoms with Crippen molar-refractivity contribution in [3.63, 3.8) is 0 Å². The zero-order valence-electron chi connectivity index (χ0n) is 25.7. The van der Waals surface area contributed by atoms with Crippen molar-refractivity contribution in [3.05, 3.63) is 204 Å². The monoisotopic (exact) mass is 591 g/mol. The average molecular weight is 592 g/mol. The number of aryl methyl sites for hydroxylation is 1. The van der Waals surface area contributed by atoms with Gasteiger partial charge in [0, 0.05) is 11.6 Å². The molecule has 1 heterocycles. The summed E-state index contributed by atoms with van der Waals surface area (Å²) in [5.41, 5.74) is 12.6. The highest BCUT2D eigenvalue weighted by atomic mass is 16.5. The van der Waals surface area contributed by atoms with E-state index in [0.29, 0.717) is 0 Å². The van der Waals surface area contributed by atoms with E-state index in [0.717, 1.165) is 38.9 Å². The summed E-state index contributed by atoms with van der Waals surface area (Å²) >= 11 is 0. The highest BCUT2D eigenvalue weighted by Crippen LogP contribution is 2.56. The minimum absolute atomic E-state index is 0.295. The Labute approximate surface area is 270 Å². The zero-order chi connectivity index (χ0) is 31.1. The van der Waals surface area contributed by atoms with Crippen LogP contribution in [0.25, 0.3) is 33.2 Å². The second-order valence-electron chi connectivity index (χ2n) is 12.0. The molecule has 0 aliphatic heterocycles. The first-order valence-electron chi connectivity index (χ1n) is 15.8. The predicted molar refractivity (Wildman–Crippen MR) is 189 cm³/mol. The maximum atomic E-state index is 6.68. The Hall–Kier alpha value is -5.73. The normalized spacial score (nSPS) is 13.5. The minimum Gasteiger partial charge on any atom is -0.481 e. The molecule has 46 heavy (non-hydrogen) atoms. The summed E-state index contributed by atoms with van der Waals surface area (Å²) in [6, 6.07) is 54.5. The molecule has 7 aromatic rings. The topological polar surface area (TPSA) is 22.1 Å². The third kappa shape index (κ3) is 4.45. The fourth-order valence-electron chi connectivity index (χ4n) is 7.19. The summed E-state index contributed by atoms with van der Waals surface area (Å²) < 4.78 is 6.68. The molecule has 0 amide bonds. The molecule has 1 atom stereocenters. The molecule has 2 heteroatoms. The van der Waals surface area contributed by atoms with Gasteiger partial charge in [0.2, 0.25) is 0 Å². The van der Waals surface area contributed by atoms with Gasteiger partial charge in [-0.15, -0.1) is 0 Å². The second kappa shape index (κ2) is 11.3. The van der Waals surface area contributed by atoms with Crippen molar-refractivity contribution in [1.82, 2.24) is 4.98 Å². The van der Waals surface area contributed by atoms with Gasteiger partial charge >= 0.3 is 0 Å². The molecule has 0 fully saturated rings. The Morgan fingerprint density at radius 2 is 1.30 bits per heavy atom. The van der Waals surface area contributed by atoms with Gasteiger partial charge in [0.05, 0.1) is 10.9 Å². The summed E-state index contributed by atoms with van der Waals surface area (Å²) in [6.07, 6.45) is 3.39. The van der Waals surface area contributed by atoms with E-state index in [9.17, 15) is 0 Å². The largest absolute Gasteiger partial charge is 0.481 e. The third-order valence-electron chi connectivity index (χ3n) is 9.40. The Bertz CT molecular complexity index is 2180. The number of fused-ring (bicyclic) bond motifs is 4. The molecule has 0 N–H and O–H groups in total. The van der Waals surface area contributed by atoms with Crippen molar-refractivity contribution >= 4 is 10.9 Å². The number of benzene rings is 6. The van der Waals surface area contributed by atoms with Crippen LogP contribution in [-0.4, -0.2) is 4.98 Å². The Morgan fingerprint density at radius 3 is 2.07 bits per heavy atom. The smallest absolute Gasteiger partial charge is 0.142 e. The summed E-state index contributed by atoms with van der Waals surface area (Å²) in [5, 5.41) is 1.08. The van der Waals surface area contributed by atoms with E-state index in [2.05, 4.69) is 158 Å². The number of pyridine rings is 1. The molecule has 2 nitrogen and oxygen atoms in total. The zero-order valence-corrected chi connectivity index (χ0v) is 25.7. The molecule has 6 aromatic carbocycles. The Kier molecular flexibility index (Phi) is 6.84. The van der Waals surface area contributed by atoms with Crippen molar-refractivity contribution in [3.8, 4) is 28.0 Å². The van der Waals surface area contributed by atoms with Gasteiger partial charge in [-0.05, 0) is 99.0 Å². The van der Waals surface area contributed by atoms with Gasteiger partial charge in [-0.25, -0.2) is 0 Å². The van der Waals surface area contributed by atoms with Crippen LogP contribution >= 0.6 is 0 Å². The summed E-state index contributed by atoms with van der Waals surface area (Å²) in [4.78, 5) is 4.47. The van der Waals surface area contributed by atoms with E-state index in [-0.39, 0.29) is 6.10 Å². The van der Waals surface area contributed by atoms with Crippen LogP contribution in [-0.2, 0) is 5.41 Å². The molecule has 220 valence electrons. The van der Waals surface area contributed by atoms with Gasteiger partial charge in [0.1, 0.15) is 11.9 Å². The Morgan fingerprint density at radius 1 is 0.630 bits per heavy atom. The van der Waals surface area contributed by atoms with Gasteiger partial charge < -0.3 is 4.74 Å². The van der Waals surface area contributed by atoms with Crippen LogP contribution < -0.4 is 4.74 Å². The van der Waals surface area contributed by atoms with Gasteiger partial charge in [0.25, 0.3) is 0 Å². The van der Waals surface area contributed by atoms with Crippen molar-refractivity contribution in [2.45, 2.75) is 18.4 Å². The van der Waals surface area contributed by atoms with Crippen LogP contribution in [0.5, 0.6) is 5.75 Å². The number of hydrogen-bond donors (Lipinski definition) is 0. The number of ether oxygens (including phenoxy) is 1. The average Bonchev–Trinajstić information content (AvgIpc) is 3.42.